The van der Waals surface area contributed by atoms with Gasteiger partial charge >= 0.3 is 0 Å². The molecule has 2 aromatic heterocycles. The quantitative estimate of drug-likeness (QED) is 0.200. The van der Waals surface area contributed by atoms with Crippen molar-refractivity contribution in [3.63, 3.8) is 0 Å². The molecule has 1 N–H and O–H groups in total. The number of rotatable bonds is 6. The van der Waals surface area contributed by atoms with Crippen molar-refractivity contribution in [2.75, 3.05) is 0 Å². The van der Waals surface area contributed by atoms with Crippen LogP contribution in [0.5, 0.6) is 0 Å². The second-order valence-corrected chi connectivity index (χ2v) is 12.4. The highest BCUT2D eigenvalue weighted by atomic mass is 14.9. The zero-order valence-electron chi connectivity index (χ0n) is 26.7. The van der Waals surface area contributed by atoms with E-state index < -0.39 is 0 Å². The maximum Gasteiger partial charge on any atom is 0.160 e. The van der Waals surface area contributed by atoms with Gasteiger partial charge < -0.3 is 4.98 Å². The van der Waals surface area contributed by atoms with Crippen molar-refractivity contribution in [1.82, 2.24) is 15.0 Å². The SMILES string of the molecule is c1c[nH]c(-c2ccc(-c3ccc(-c4cc(-c5ccc6ccccc6c5)nc(-c5ccc(-c6cccc7ccccc67)cc5)n4)cc3)cc2)c1. The lowest BCUT2D eigenvalue weighted by molar-refractivity contribution is 1.18. The van der Waals surface area contributed by atoms with Gasteiger partial charge in [-0.1, -0.05) is 152 Å². The van der Waals surface area contributed by atoms with Crippen molar-refractivity contribution in [1.29, 1.82) is 0 Å². The highest BCUT2D eigenvalue weighted by Crippen LogP contribution is 2.33. The zero-order valence-corrected chi connectivity index (χ0v) is 26.7. The predicted octanol–water partition coefficient (Wildman–Crippen LogP) is 12.1. The van der Waals surface area contributed by atoms with Crippen molar-refractivity contribution in [2.45, 2.75) is 0 Å². The molecular formula is C46H31N3. The molecule has 49 heavy (non-hydrogen) atoms. The van der Waals surface area contributed by atoms with E-state index in [1.807, 2.05) is 12.3 Å². The molecule has 9 rings (SSSR count). The molecule has 0 bridgehead atoms. The minimum atomic E-state index is 0.703. The van der Waals surface area contributed by atoms with Gasteiger partial charge in [0.25, 0.3) is 0 Å². The first-order valence-corrected chi connectivity index (χ1v) is 16.6. The van der Waals surface area contributed by atoms with Gasteiger partial charge in [0.15, 0.2) is 5.82 Å². The van der Waals surface area contributed by atoms with E-state index in [0.29, 0.717) is 5.82 Å². The first kappa shape index (κ1) is 28.6. The van der Waals surface area contributed by atoms with Crippen LogP contribution in [0.2, 0.25) is 0 Å². The summed E-state index contributed by atoms with van der Waals surface area (Å²) in [5, 5.41) is 4.88. The van der Waals surface area contributed by atoms with E-state index in [9.17, 15) is 0 Å². The smallest absolute Gasteiger partial charge is 0.160 e. The van der Waals surface area contributed by atoms with Gasteiger partial charge in [-0.15, -0.1) is 0 Å². The Morgan fingerprint density at radius 2 is 0.918 bits per heavy atom. The van der Waals surface area contributed by atoms with Crippen LogP contribution in [0.15, 0.2) is 182 Å². The Bertz CT molecular complexity index is 2560. The van der Waals surface area contributed by atoms with E-state index in [1.54, 1.807) is 0 Å². The molecule has 0 unspecified atom stereocenters. The lowest BCUT2D eigenvalue weighted by atomic mass is 9.97. The van der Waals surface area contributed by atoms with Crippen LogP contribution in [-0.2, 0) is 0 Å². The molecule has 3 nitrogen and oxygen atoms in total. The summed E-state index contributed by atoms with van der Waals surface area (Å²) in [6, 6.07) is 62.2. The number of nitrogens with zero attached hydrogens (tertiary/aromatic N) is 2. The molecule has 0 fully saturated rings. The Kier molecular flexibility index (Phi) is 7.14. The number of hydrogen-bond acceptors (Lipinski definition) is 2. The summed E-state index contributed by atoms with van der Waals surface area (Å²) in [5.74, 6) is 0.703. The third-order valence-corrected chi connectivity index (χ3v) is 9.32. The molecule has 2 heterocycles. The lowest BCUT2D eigenvalue weighted by Crippen LogP contribution is -1.96. The molecular weight excluding hydrogens is 595 g/mol. The number of aromatic nitrogens is 3. The summed E-state index contributed by atoms with van der Waals surface area (Å²) in [7, 11) is 0. The van der Waals surface area contributed by atoms with E-state index in [-0.39, 0.29) is 0 Å². The fraction of sp³-hybridized carbons (Fsp3) is 0. The maximum atomic E-state index is 5.14. The third-order valence-electron chi connectivity index (χ3n) is 9.32. The van der Waals surface area contributed by atoms with Gasteiger partial charge in [0.05, 0.1) is 11.4 Å². The van der Waals surface area contributed by atoms with Crippen molar-refractivity contribution >= 4 is 21.5 Å². The molecule has 0 aliphatic carbocycles. The number of fused-ring (bicyclic) bond motifs is 2. The van der Waals surface area contributed by atoms with Crippen LogP contribution >= 0.6 is 0 Å². The predicted molar refractivity (Wildman–Crippen MR) is 204 cm³/mol. The summed E-state index contributed by atoms with van der Waals surface area (Å²) in [6.07, 6.45) is 1.95. The molecule has 0 aliphatic rings. The third kappa shape index (κ3) is 5.58. The van der Waals surface area contributed by atoms with Crippen LogP contribution in [0.3, 0.4) is 0 Å². The molecule has 0 saturated heterocycles. The average molecular weight is 626 g/mol. The van der Waals surface area contributed by atoms with E-state index >= 15 is 0 Å². The van der Waals surface area contributed by atoms with Gasteiger partial charge in [-0.3, -0.25) is 0 Å². The minimum Gasteiger partial charge on any atom is -0.361 e. The number of H-pyrrole nitrogens is 1. The van der Waals surface area contributed by atoms with Gasteiger partial charge in [-0.2, -0.15) is 0 Å². The second kappa shape index (κ2) is 12.2. The number of hydrogen-bond donors (Lipinski definition) is 1. The monoisotopic (exact) mass is 625 g/mol. The fourth-order valence-electron chi connectivity index (χ4n) is 6.68. The van der Waals surface area contributed by atoms with Crippen LogP contribution < -0.4 is 0 Å². The van der Waals surface area contributed by atoms with Crippen molar-refractivity contribution in [2.24, 2.45) is 0 Å². The van der Waals surface area contributed by atoms with Gasteiger partial charge in [0, 0.05) is 28.6 Å². The number of aromatic amines is 1. The fourth-order valence-corrected chi connectivity index (χ4v) is 6.68. The molecule has 0 amide bonds. The number of nitrogens with one attached hydrogen (secondary N) is 1. The van der Waals surface area contributed by atoms with Crippen molar-refractivity contribution < 1.29 is 0 Å². The number of benzene rings is 7. The van der Waals surface area contributed by atoms with Gasteiger partial charge in [-0.05, 0) is 73.6 Å². The first-order chi connectivity index (χ1) is 24.2. The first-order valence-electron chi connectivity index (χ1n) is 16.6. The minimum absolute atomic E-state index is 0.703. The Labute approximate surface area is 285 Å². The summed E-state index contributed by atoms with van der Waals surface area (Å²) < 4.78 is 0. The summed E-state index contributed by atoms with van der Waals surface area (Å²) >= 11 is 0. The molecule has 230 valence electrons. The van der Waals surface area contributed by atoms with E-state index in [1.165, 1.54) is 43.8 Å². The molecule has 3 heteroatoms. The maximum absolute atomic E-state index is 5.14. The molecule has 9 aromatic rings. The zero-order chi connectivity index (χ0) is 32.6. The van der Waals surface area contributed by atoms with Crippen LogP contribution in [0.25, 0.3) is 89.0 Å². The standard InChI is InChI=1S/C46H31N3/c1-2-9-39-29-40(27-18-31(39)7-1)45-30-44(37-23-16-33(17-24-37)32-14-21-36(22-15-32)43-13-6-28-47-43)48-46(49-45)38-25-19-35(20-26-38)42-12-5-10-34-8-3-4-11-41(34)42/h1-30,47H. The summed E-state index contributed by atoms with van der Waals surface area (Å²) in [5.41, 5.74) is 11.9. The topological polar surface area (TPSA) is 41.6 Å². The summed E-state index contributed by atoms with van der Waals surface area (Å²) in [6.45, 7) is 0. The molecule has 0 radical (unpaired) electrons. The van der Waals surface area contributed by atoms with Crippen LogP contribution in [0, 0.1) is 0 Å². The Morgan fingerprint density at radius 3 is 1.65 bits per heavy atom. The van der Waals surface area contributed by atoms with Crippen molar-refractivity contribution in [3.05, 3.63) is 182 Å². The average Bonchev–Trinajstić information content (AvgIpc) is 3.73. The highest BCUT2D eigenvalue weighted by Gasteiger charge is 2.13. The van der Waals surface area contributed by atoms with Gasteiger partial charge in [0.1, 0.15) is 0 Å². The molecule has 0 atom stereocenters. The van der Waals surface area contributed by atoms with Gasteiger partial charge in [-0.25, -0.2) is 9.97 Å². The Hall–Kier alpha value is -6.58. The second-order valence-electron chi connectivity index (χ2n) is 12.4. The van der Waals surface area contributed by atoms with Gasteiger partial charge in [0.2, 0.25) is 0 Å². The summed E-state index contributed by atoms with van der Waals surface area (Å²) in [4.78, 5) is 13.6. The van der Waals surface area contributed by atoms with Crippen LogP contribution in [0.1, 0.15) is 0 Å². The molecule has 0 saturated carbocycles. The molecule has 0 aliphatic heterocycles. The normalized spacial score (nSPS) is 11.3. The van der Waals surface area contributed by atoms with Crippen LogP contribution in [-0.4, -0.2) is 15.0 Å². The molecule has 0 spiro atoms. The molecule has 7 aromatic carbocycles. The highest BCUT2D eigenvalue weighted by molar-refractivity contribution is 5.97. The van der Waals surface area contributed by atoms with E-state index in [4.69, 9.17) is 9.97 Å². The largest absolute Gasteiger partial charge is 0.361 e. The lowest BCUT2D eigenvalue weighted by Gasteiger charge is -2.12. The Morgan fingerprint density at radius 1 is 0.347 bits per heavy atom. The van der Waals surface area contributed by atoms with E-state index in [0.717, 1.165) is 39.3 Å². The Balaban J connectivity index is 1.10. The van der Waals surface area contributed by atoms with Crippen LogP contribution in [0.4, 0.5) is 0 Å². The van der Waals surface area contributed by atoms with E-state index in [2.05, 4.69) is 175 Å². The van der Waals surface area contributed by atoms with Crippen molar-refractivity contribution in [3.8, 4) is 67.4 Å².